The fourth-order valence-electron chi connectivity index (χ4n) is 2.76. The maximum atomic E-state index is 12.9. The highest BCUT2D eigenvalue weighted by Gasteiger charge is 2.21. The Hall–Kier alpha value is -2.68. The average molecular weight is 430 g/mol. The molecule has 1 atom stereocenters. The minimum absolute atomic E-state index is 0.0620. The van der Waals surface area contributed by atoms with Gasteiger partial charge in [-0.2, -0.15) is 0 Å². The van der Waals surface area contributed by atoms with Gasteiger partial charge in [-0.05, 0) is 48.7 Å². The van der Waals surface area contributed by atoms with Crippen molar-refractivity contribution in [2.75, 3.05) is 23.2 Å². The second-order valence-electron chi connectivity index (χ2n) is 6.50. The number of carbonyl (C=O) groups is 1. The average Bonchev–Trinajstić information content (AvgIpc) is 3.27. The van der Waals surface area contributed by atoms with Crippen molar-refractivity contribution in [1.29, 1.82) is 0 Å². The number of anilines is 2. The molecule has 6 nitrogen and oxygen atoms in total. The molecule has 29 heavy (non-hydrogen) atoms. The van der Waals surface area contributed by atoms with Crippen LogP contribution in [-0.4, -0.2) is 27.9 Å². The third-order valence-corrected chi connectivity index (χ3v) is 7.27. The van der Waals surface area contributed by atoms with E-state index in [2.05, 4.69) is 10.6 Å². The molecule has 0 saturated carbocycles. The highest BCUT2D eigenvalue weighted by Crippen LogP contribution is 2.23. The summed E-state index contributed by atoms with van der Waals surface area (Å²) >= 11 is 1.63. The first-order valence-corrected chi connectivity index (χ1v) is 11.4. The standard InChI is InChI=1S/C21H23N3O3S2/c1-16(20-12-7-13-28-20)22-15-21(25)23-17-8-6-11-19(14-17)29(26,27)24(2)18-9-4-3-5-10-18/h3-14,16,22H,15H2,1-2H3,(H,23,25)/t16-/m1/s1. The van der Waals surface area contributed by atoms with Crippen LogP contribution in [0, 0.1) is 0 Å². The highest BCUT2D eigenvalue weighted by molar-refractivity contribution is 7.92. The van der Waals surface area contributed by atoms with E-state index in [0.29, 0.717) is 11.4 Å². The molecule has 1 amide bonds. The summed E-state index contributed by atoms with van der Waals surface area (Å²) in [6, 6.07) is 19.1. The van der Waals surface area contributed by atoms with Crippen LogP contribution in [0.25, 0.3) is 0 Å². The molecule has 1 heterocycles. The monoisotopic (exact) mass is 429 g/mol. The zero-order valence-electron chi connectivity index (χ0n) is 16.2. The number of carbonyl (C=O) groups excluding carboxylic acids is 1. The topological polar surface area (TPSA) is 78.5 Å². The highest BCUT2D eigenvalue weighted by atomic mass is 32.2. The van der Waals surface area contributed by atoms with E-state index in [4.69, 9.17) is 0 Å². The van der Waals surface area contributed by atoms with E-state index in [1.165, 1.54) is 23.5 Å². The minimum Gasteiger partial charge on any atom is -0.325 e. The lowest BCUT2D eigenvalue weighted by molar-refractivity contribution is -0.115. The zero-order valence-corrected chi connectivity index (χ0v) is 17.8. The number of benzene rings is 2. The predicted molar refractivity (Wildman–Crippen MR) is 118 cm³/mol. The third-order valence-electron chi connectivity index (χ3n) is 4.43. The van der Waals surface area contributed by atoms with Gasteiger partial charge in [0, 0.05) is 23.7 Å². The second-order valence-corrected chi connectivity index (χ2v) is 9.45. The van der Waals surface area contributed by atoms with E-state index in [1.807, 2.05) is 30.5 Å². The molecule has 152 valence electrons. The van der Waals surface area contributed by atoms with Gasteiger partial charge < -0.3 is 10.6 Å². The molecule has 0 fully saturated rings. The minimum atomic E-state index is -3.74. The number of rotatable bonds is 8. The van der Waals surface area contributed by atoms with Crippen LogP contribution < -0.4 is 14.9 Å². The van der Waals surface area contributed by atoms with E-state index < -0.39 is 10.0 Å². The lowest BCUT2D eigenvalue weighted by atomic mass is 10.2. The van der Waals surface area contributed by atoms with Crippen molar-refractivity contribution >= 4 is 38.6 Å². The Morgan fingerprint density at radius 2 is 1.83 bits per heavy atom. The Kier molecular flexibility index (Phi) is 6.68. The number of nitrogens with zero attached hydrogens (tertiary/aromatic N) is 1. The summed E-state index contributed by atoms with van der Waals surface area (Å²) in [5.74, 6) is -0.237. The number of sulfonamides is 1. The third kappa shape index (κ3) is 5.23. The van der Waals surface area contributed by atoms with E-state index in [1.54, 1.807) is 47.7 Å². The lowest BCUT2D eigenvalue weighted by Gasteiger charge is -2.20. The molecule has 0 bridgehead atoms. The Labute approximate surface area is 175 Å². The first-order chi connectivity index (χ1) is 13.9. The van der Waals surface area contributed by atoms with Gasteiger partial charge in [0.05, 0.1) is 17.1 Å². The summed E-state index contributed by atoms with van der Waals surface area (Å²) in [6.07, 6.45) is 0. The van der Waals surface area contributed by atoms with E-state index in [0.717, 1.165) is 4.88 Å². The number of hydrogen-bond acceptors (Lipinski definition) is 5. The number of hydrogen-bond donors (Lipinski definition) is 2. The second kappa shape index (κ2) is 9.21. The molecule has 0 radical (unpaired) electrons. The predicted octanol–water partition coefficient (Wildman–Crippen LogP) is 3.86. The number of para-hydroxylation sites is 1. The van der Waals surface area contributed by atoms with Gasteiger partial charge >= 0.3 is 0 Å². The fourth-order valence-corrected chi connectivity index (χ4v) is 4.76. The zero-order chi connectivity index (χ0) is 20.9. The van der Waals surface area contributed by atoms with Gasteiger partial charge in [-0.3, -0.25) is 9.10 Å². The van der Waals surface area contributed by atoms with Crippen LogP contribution in [-0.2, 0) is 14.8 Å². The molecule has 0 aliphatic carbocycles. The van der Waals surface area contributed by atoms with Gasteiger partial charge in [0.2, 0.25) is 5.91 Å². The summed E-state index contributed by atoms with van der Waals surface area (Å²) in [4.78, 5) is 13.5. The van der Waals surface area contributed by atoms with Crippen molar-refractivity contribution < 1.29 is 13.2 Å². The Morgan fingerprint density at radius 1 is 1.07 bits per heavy atom. The molecule has 0 unspecified atom stereocenters. The normalized spacial score (nSPS) is 12.3. The van der Waals surface area contributed by atoms with Crippen LogP contribution in [0.3, 0.4) is 0 Å². The van der Waals surface area contributed by atoms with E-state index in [-0.39, 0.29) is 23.4 Å². The van der Waals surface area contributed by atoms with Gasteiger partial charge in [-0.15, -0.1) is 11.3 Å². The molecule has 3 rings (SSSR count). The molecule has 0 saturated heterocycles. The summed E-state index contributed by atoms with van der Waals surface area (Å²) in [5.41, 5.74) is 0.997. The smallest absolute Gasteiger partial charge is 0.264 e. The van der Waals surface area contributed by atoms with Crippen molar-refractivity contribution in [2.45, 2.75) is 17.9 Å². The SMILES string of the molecule is C[C@@H](NCC(=O)Nc1cccc(S(=O)(=O)N(C)c2ccccc2)c1)c1cccs1. The lowest BCUT2D eigenvalue weighted by Crippen LogP contribution is -2.30. The van der Waals surface area contributed by atoms with Crippen molar-refractivity contribution in [1.82, 2.24) is 5.32 Å². The van der Waals surface area contributed by atoms with Gasteiger partial charge in [0.15, 0.2) is 0 Å². The molecule has 0 aliphatic heterocycles. The molecule has 1 aromatic heterocycles. The Bertz CT molecular complexity index is 1050. The molecule has 3 aromatic rings. The van der Waals surface area contributed by atoms with Crippen LogP contribution in [0.15, 0.2) is 77.0 Å². The summed E-state index contributed by atoms with van der Waals surface area (Å²) < 4.78 is 27.1. The maximum absolute atomic E-state index is 12.9. The first-order valence-electron chi connectivity index (χ1n) is 9.08. The van der Waals surface area contributed by atoms with Crippen molar-refractivity contribution in [3.63, 3.8) is 0 Å². The molecular weight excluding hydrogens is 406 g/mol. The van der Waals surface area contributed by atoms with E-state index >= 15 is 0 Å². The molecule has 0 aliphatic rings. The fraction of sp³-hybridized carbons (Fsp3) is 0.190. The van der Waals surface area contributed by atoms with Crippen LogP contribution >= 0.6 is 11.3 Å². The summed E-state index contributed by atoms with van der Waals surface area (Å²) in [7, 11) is -2.23. The molecule has 2 aromatic carbocycles. The molecular formula is C21H23N3O3S2. The van der Waals surface area contributed by atoms with Crippen LogP contribution in [0.1, 0.15) is 17.8 Å². The first kappa shape index (κ1) is 21.0. The number of amides is 1. The summed E-state index contributed by atoms with van der Waals surface area (Å²) in [5, 5.41) is 7.91. The van der Waals surface area contributed by atoms with Crippen molar-refractivity contribution in [3.05, 3.63) is 77.0 Å². The largest absolute Gasteiger partial charge is 0.325 e. The van der Waals surface area contributed by atoms with E-state index in [9.17, 15) is 13.2 Å². The van der Waals surface area contributed by atoms with Crippen LogP contribution in [0.4, 0.5) is 11.4 Å². The molecule has 8 heteroatoms. The number of thiophene rings is 1. The van der Waals surface area contributed by atoms with Gasteiger partial charge in [0.1, 0.15) is 0 Å². The van der Waals surface area contributed by atoms with Crippen molar-refractivity contribution in [3.8, 4) is 0 Å². The Morgan fingerprint density at radius 3 is 2.52 bits per heavy atom. The van der Waals surface area contributed by atoms with Crippen LogP contribution in [0.5, 0.6) is 0 Å². The Balaban J connectivity index is 1.66. The van der Waals surface area contributed by atoms with Gasteiger partial charge in [-0.1, -0.05) is 30.3 Å². The van der Waals surface area contributed by atoms with Gasteiger partial charge in [0.25, 0.3) is 10.0 Å². The van der Waals surface area contributed by atoms with Crippen LogP contribution in [0.2, 0.25) is 0 Å². The molecule has 0 spiro atoms. The van der Waals surface area contributed by atoms with Gasteiger partial charge in [-0.25, -0.2) is 8.42 Å². The molecule has 2 N–H and O–H groups in total. The quantitative estimate of drug-likeness (QED) is 0.570. The summed E-state index contributed by atoms with van der Waals surface area (Å²) in [6.45, 7) is 2.12. The number of nitrogens with one attached hydrogen (secondary N) is 2. The maximum Gasteiger partial charge on any atom is 0.264 e. The van der Waals surface area contributed by atoms with Crippen molar-refractivity contribution in [2.24, 2.45) is 0 Å².